The Labute approximate surface area is 113 Å². The van der Waals surface area contributed by atoms with E-state index < -0.39 is 0 Å². The molecule has 0 aromatic heterocycles. The van der Waals surface area contributed by atoms with Crippen LogP contribution in [0.15, 0.2) is 0 Å². The van der Waals surface area contributed by atoms with Crippen LogP contribution in [0.3, 0.4) is 0 Å². The average Bonchev–Trinajstić information content (AvgIpc) is 2.40. The zero-order valence-corrected chi connectivity index (χ0v) is 12.4. The molecule has 1 fully saturated rings. The van der Waals surface area contributed by atoms with Crippen molar-refractivity contribution in [1.29, 1.82) is 0 Å². The van der Waals surface area contributed by atoms with Crippen LogP contribution in [0.25, 0.3) is 0 Å². The van der Waals surface area contributed by atoms with Gasteiger partial charge in [-0.25, -0.2) is 0 Å². The van der Waals surface area contributed by atoms with Crippen LogP contribution in [0.2, 0.25) is 0 Å². The van der Waals surface area contributed by atoms with E-state index in [1.54, 1.807) is 0 Å². The van der Waals surface area contributed by atoms with Gasteiger partial charge < -0.3 is 14.8 Å². The predicted molar refractivity (Wildman–Crippen MR) is 75.9 cm³/mol. The van der Waals surface area contributed by atoms with Crippen LogP contribution in [-0.2, 0) is 9.47 Å². The minimum absolute atomic E-state index is 0.383. The Bertz CT molecular complexity index is 199. The maximum absolute atomic E-state index is 6.04. The number of rotatable bonds is 9. The van der Waals surface area contributed by atoms with Gasteiger partial charge in [-0.3, -0.25) is 0 Å². The predicted octanol–water partition coefficient (Wildman–Crippen LogP) is 2.99. The lowest BCUT2D eigenvalue weighted by Crippen LogP contribution is -2.45. The molecule has 3 nitrogen and oxygen atoms in total. The van der Waals surface area contributed by atoms with Crippen molar-refractivity contribution < 1.29 is 9.47 Å². The Hall–Kier alpha value is -0.120. The molecule has 0 aromatic rings. The van der Waals surface area contributed by atoms with Crippen molar-refractivity contribution in [3.05, 3.63) is 0 Å². The summed E-state index contributed by atoms with van der Waals surface area (Å²) in [5.74, 6) is 0.849. The largest absolute Gasteiger partial charge is 0.379 e. The third kappa shape index (κ3) is 5.68. The van der Waals surface area contributed by atoms with Crippen molar-refractivity contribution in [1.82, 2.24) is 5.32 Å². The smallest absolute Gasteiger partial charge is 0.0731 e. The van der Waals surface area contributed by atoms with Crippen LogP contribution in [0, 0.1) is 5.92 Å². The average molecular weight is 257 g/mol. The lowest BCUT2D eigenvalue weighted by atomic mass is 9.82. The van der Waals surface area contributed by atoms with Gasteiger partial charge in [-0.2, -0.15) is 0 Å². The van der Waals surface area contributed by atoms with Gasteiger partial charge in [-0.15, -0.1) is 0 Å². The molecule has 0 heterocycles. The fraction of sp³-hybridized carbons (Fsp3) is 1.00. The molecule has 0 spiro atoms. The van der Waals surface area contributed by atoms with Crippen molar-refractivity contribution in [3.63, 3.8) is 0 Å². The molecular weight excluding hydrogens is 226 g/mol. The molecule has 1 aliphatic carbocycles. The minimum atomic E-state index is 0.383. The van der Waals surface area contributed by atoms with E-state index in [-0.39, 0.29) is 0 Å². The molecule has 3 unspecified atom stereocenters. The van der Waals surface area contributed by atoms with E-state index in [4.69, 9.17) is 9.47 Å². The summed E-state index contributed by atoms with van der Waals surface area (Å²) in [5.41, 5.74) is 0. The Morgan fingerprint density at radius 2 is 1.89 bits per heavy atom. The zero-order valence-electron chi connectivity index (χ0n) is 12.4. The molecule has 108 valence electrons. The Morgan fingerprint density at radius 3 is 2.56 bits per heavy atom. The summed E-state index contributed by atoms with van der Waals surface area (Å²) in [5, 5.41) is 3.57. The standard InChI is InChI=1S/C15H31NO2/c1-4-9-17-10-11-18-15-12-13(5-2)7-8-14(15)16-6-3/h13-16H,4-12H2,1-3H3. The summed E-state index contributed by atoms with van der Waals surface area (Å²) in [6.07, 6.45) is 6.57. The quantitative estimate of drug-likeness (QED) is 0.644. The highest BCUT2D eigenvalue weighted by atomic mass is 16.5. The zero-order chi connectivity index (χ0) is 13.2. The summed E-state index contributed by atoms with van der Waals surface area (Å²) >= 11 is 0. The van der Waals surface area contributed by atoms with Gasteiger partial charge in [-0.05, 0) is 38.1 Å². The monoisotopic (exact) mass is 257 g/mol. The van der Waals surface area contributed by atoms with E-state index >= 15 is 0 Å². The van der Waals surface area contributed by atoms with Crippen LogP contribution in [-0.4, -0.2) is 38.5 Å². The number of hydrogen-bond acceptors (Lipinski definition) is 3. The van der Waals surface area contributed by atoms with Gasteiger partial charge in [0.2, 0.25) is 0 Å². The first-order valence-corrected chi connectivity index (χ1v) is 7.74. The third-order valence-electron chi connectivity index (χ3n) is 3.85. The van der Waals surface area contributed by atoms with Gasteiger partial charge in [-0.1, -0.05) is 27.2 Å². The Kier molecular flexibility index (Phi) is 8.64. The normalized spacial score (nSPS) is 28.5. The van der Waals surface area contributed by atoms with Crippen molar-refractivity contribution in [2.45, 2.75) is 65.0 Å². The molecule has 18 heavy (non-hydrogen) atoms. The highest BCUT2D eigenvalue weighted by Gasteiger charge is 2.29. The molecule has 0 aliphatic heterocycles. The van der Waals surface area contributed by atoms with Crippen molar-refractivity contribution in [3.8, 4) is 0 Å². The van der Waals surface area contributed by atoms with E-state index in [2.05, 4.69) is 26.1 Å². The van der Waals surface area contributed by atoms with E-state index in [9.17, 15) is 0 Å². The van der Waals surface area contributed by atoms with Gasteiger partial charge in [0.1, 0.15) is 0 Å². The van der Waals surface area contributed by atoms with Crippen LogP contribution >= 0.6 is 0 Å². The second-order valence-corrected chi connectivity index (χ2v) is 5.27. The molecule has 3 atom stereocenters. The lowest BCUT2D eigenvalue weighted by Gasteiger charge is -2.36. The molecule has 1 N–H and O–H groups in total. The number of likely N-dealkylation sites (N-methyl/N-ethyl adjacent to an activating group) is 1. The van der Waals surface area contributed by atoms with E-state index in [1.807, 2.05) is 0 Å². The molecule has 0 saturated heterocycles. The summed E-state index contributed by atoms with van der Waals surface area (Å²) in [6.45, 7) is 9.96. The Morgan fingerprint density at radius 1 is 1.06 bits per heavy atom. The van der Waals surface area contributed by atoms with Gasteiger partial charge in [0.05, 0.1) is 19.3 Å². The molecule has 1 saturated carbocycles. The maximum Gasteiger partial charge on any atom is 0.0731 e. The van der Waals surface area contributed by atoms with Crippen molar-refractivity contribution in [2.24, 2.45) is 5.92 Å². The second-order valence-electron chi connectivity index (χ2n) is 5.27. The third-order valence-corrected chi connectivity index (χ3v) is 3.85. The molecule has 3 heteroatoms. The first-order valence-electron chi connectivity index (χ1n) is 7.74. The highest BCUT2D eigenvalue weighted by molar-refractivity contribution is 4.85. The maximum atomic E-state index is 6.04. The number of hydrogen-bond donors (Lipinski definition) is 1. The molecule has 1 aliphatic rings. The van der Waals surface area contributed by atoms with E-state index in [1.165, 1.54) is 25.7 Å². The molecule has 0 radical (unpaired) electrons. The lowest BCUT2D eigenvalue weighted by molar-refractivity contribution is -0.0359. The van der Waals surface area contributed by atoms with Crippen molar-refractivity contribution in [2.75, 3.05) is 26.4 Å². The van der Waals surface area contributed by atoms with Crippen LogP contribution in [0.1, 0.15) is 52.9 Å². The first kappa shape index (κ1) is 15.9. The summed E-state index contributed by atoms with van der Waals surface area (Å²) in [7, 11) is 0. The van der Waals surface area contributed by atoms with Gasteiger partial charge in [0.25, 0.3) is 0 Å². The SMILES string of the molecule is CCCOCCOC1CC(CC)CCC1NCC. The van der Waals surface area contributed by atoms with Crippen LogP contribution in [0.5, 0.6) is 0 Å². The van der Waals surface area contributed by atoms with E-state index in [0.29, 0.717) is 12.1 Å². The van der Waals surface area contributed by atoms with Gasteiger partial charge in [0, 0.05) is 12.6 Å². The molecule has 0 aromatic carbocycles. The molecular formula is C15H31NO2. The summed E-state index contributed by atoms with van der Waals surface area (Å²) < 4.78 is 11.5. The van der Waals surface area contributed by atoms with Crippen LogP contribution in [0.4, 0.5) is 0 Å². The second kappa shape index (κ2) is 9.76. The number of nitrogens with one attached hydrogen (secondary N) is 1. The molecule has 0 bridgehead atoms. The van der Waals surface area contributed by atoms with Gasteiger partial charge >= 0.3 is 0 Å². The summed E-state index contributed by atoms with van der Waals surface area (Å²) in [6, 6.07) is 0.545. The van der Waals surface area contributed by atoms with Crippen LogP contribution < -0.4 is 5.32 Å². The summed E-state index contributed by atoms with van der Waals surface area (Å²) in [4.78, 5) is 0. The molecule has 1 rings (SSSR count). The first-order chi connectivity index (χ1) is 8.81. The Balaban J connectivity index is 2.26. The van der Waals surface area contributed by atoms with E-state index in [0.717, 1.165) is 38.7 Å². The molecule has 0 amide bonds. The minimum Gasteiger partial charge on any atom is -0.379 e. The van der Waals surface area contributed by atoms with Crippen molar-refractivity contribution >= 4 is 0 Å². The fourth-order valence-corrected chi connectivity index (χ4v) is 2.77. The number of ether oxygens (including phenoxy) is 2. The highest BCUT2D eigenvalue weighted by Crippen LogP contribution is 2.28. The van der Waals surface area contributed by atoms with Gasteiger partial charge in [0.15, 0.2) is 0 Å². The topological polar surface area (TPSA) is 30.5 Å². The fourth-order valence-electron chi connectivity index (χ4n) is 2.77.